The van der Waals surface area contributed by atoms with Crippen LogP contribution in [-0.4, -0.2) is 48.3 Å². The molecule has 1 fully saturated rings. The first-order chi connectivity index (χ1) is 15.3. The van der Waals surface area contributed by atoms with E-state index in [1.165, 1.54) is 16.7 Å². The molecular formula is C23H28N2O6S. The summed E-state index contributed by atoms with van der Waals surface area (Å²) >= 11 is 1.23. The molecule has 0 saturated carbocycles. The lowest BCUT2D eigenvalue weighted by molar-refractivity contribution is -0.140. The standard InChI is InChI=1S/C23H28N2O6S/c1-5-7-12-31-22(27)17-16(14-8-10-15(29-4)11-9-14)18(23(28)30-6-2)21-25(19(17)24)20(26)13(3)32-21/h8-11,13,16H,5-7,12,24H2,1-4H3/t13-,16-/m0/s1. The second-order valence-corrected chi connectivity index (χ2v) is 8.70. The van der Waals surface area contributed by atoms with E-state index in [9.17, 15) is 14.4 Å². The van der Waals surface area contributed by atoms with Gasteiger partial charge in [-0.25, -0.2) is 9.59 Å². The topological polar surface area (TPSA) is 108 Å². The summed E-state index contributed by atoms with van der Waals surface area (Å²) in [6, 6.07) is 6.99. The van der Waals surface area contributed by atoms with Crippen molar-refractivity contribution in [3.8, 4) is 5.75 Å². The average Bonchev–Trinajstić information content (AvgIpc) is 3.08. The largest absolute Gasteiger partial charge is 0.497 e. The molecule has 2 atom stereocenters. The van der Waals surface area contributed by atoms with Crippen molar-refractivity contribution in [3.63, 3.8) is 0 Å². The summed E-state index contributed by atoms with van der Waals surface area (Å²) in [6.07, 6.45) is 1.54. The second-order valence-electron chi connectivity index (χ2n) is 7.37. The van der Waals surface area contributed by atoms with Crippen LogP contribution in [-0.2, 0) is 23.9 Å². The summed E-state index contributed by atoms with van der Waals surface area (Å²) in [6.45, 7) is 5.78. The average molecular weight is 461 g/mol. The van der Waals surface area contributed by atoms with Gasteiger partial charge in [-0.1, -0.05) is 37.2 Å². The van der Waals surface area contributed by atoms with Crippen LogP contribution in [0.15, 0.2) is 46.3 Å². The Morgan fingerprint density at radius 1 is 1.09 bits per heavy atom. The lowest BCUT2D eigenvalue weighted by Crippen LogP contribution is -2.40. The Balaban J connectivity index is 2.20. The third kappa shape index (κ3) is 4.34. The van der Waals surface area contributed by atoms with E-state index < -0.39 is 23.1 Å². The summed E-state index contributed by atoms with van der Waals surface area (Å²) in [5.41, 5.74) is 7.30. The van der Waals surface area contributed by atoms with Crippen LogP contribution in [0.2, 0.25) is 0 Å². The van der Waals surface area contributed by atoms with Gasteiger partial charge in [0.25, 0.3) is 0 Å². The minimum absolute atomic E-state index is 0.0165. The molecule has 0 spiro atoms. The van der Waals surface area contributed by atoms with Crippen LogP contribution in [0.1, 0.15) is 45.1 Å². The molecule has 0 bridgehead atoms. The van der Waals surface area contributed by atoms with E-state index in [1.807, 2.05) is 6.92 Å². The fourth-order valence-electron chi connectivity index (χ4n) is 3.65. The van der Waals surface area contributed by atoms with E-state index in [2.05, 4.69) is 0 Å². The molecule has 0 aromatic heterocycles. The Bertz CT molecular complexity index is 969. The lowest BCUT2D eigenvalue weighted by atomic mass is 9.82. The molecule has 1 aromatic carbocycles. The Kier molecular flexibility index (Phi) is 7.50. The van der Waals surface area contributed by atoms with Gasteiger partial charge in [0.1, 0.15) is 11.6 Å². The Morgan fingerprint density at radius 2 is 1.75 bits per heavy atom. The highest BCUT2D eigenvalue weighted by Gasteiger charge is 2.49. The molecule has 1 amide bonds. The van der Waals surface area contributed by atoms with Crippen LogP contribution in [0, 0.1) is 0 Å². The van der Waals surface area contributed by atoms with Gasteiger partial charge in [0.2, 0.25) is 5.91 Å². The number of methoxy groups -OCH3 is 1. The molecule has 0 unspecified atom stereocenters. The number of rotatable bonds is 8. The molecule has 8 nitrogen and oxygen atoms in total. The predicted molar refractivity (Wildman–Crippen MR) is 120 cm³/mol. The molecule has 3 rings (SSSR count). The van der Waals surface area contributed by atoms with E-state index in [4.69, 9.17) is 19.9 Å². The second kappa shape index (κ2) is 10.1. The number of amides is 1. The molecule has 2 heterocycles. The first-order valence-electron chi connectivity index (χ1n) is 10.6. The number of hydrogen-bond acceptors (Lipinski definition) is 8. The maximum absolute atomic E-state index is 13.2. The summed E-state index contributed by atoms with van der Waals surface area (Å²) < 4.78 is 16.0. The summed E-state index contributed by atoms with van der Waals surface area (Å²) in [4.78, 5) is 40.4. The summed E-state index contributed by atoms with van der Waals surface area (Å²) in [5.74, 6) is -1.79. The Labute approximate surface area is 191 Å². The quantitative estimate of drug-likeness (QED) is 0.466. The Hall–Kier alpha value is -2.94. The SMILES string of the molecule is CCCCOC(=O)C1=C(N)N2C(=O)[C@H](C)SC2=C(C(=O)OCC)[C@H]1c1ccc(OC)cc1. The summed E-state index contributed by atoms with van der Waals surface area (Å²) in [7, 11) is 1.55. The van der Waals surface area contributed by atoms with Gasteiger partial charge in [-0.3, -0.25) is 9.69 Å². The summed E-state index contributed by atoms with van der Waals surface area (Å²) in [5, 5.41) is -0.0654. The van der Waals surface area contributed by atoms with Crippen LogP contribution < -0.4 is 10.5 Å². The van der Waals surface area contributed by atoms with Gasteiger partial charge in [-0.15, -0.1) is 0 Å². The van der Waals surface area contributed by atoms with Crippen molar-refractivity contribution in [1.29, 1.82) is 0 Å². The minimum Gasteiger partial charge on any atom is -0.497 e. The fourth-order valence-corrected chi connectivity index (χ4v) is 4.82. The highest BCUT2D eigenvalue weighted by molar-refractivity contribution is 8.04. The van der Waals surface area contributed by atoms with Gasteiger partial charge in [0.05, 0.1) is 47.7 Å². The van der Waals surface area contributed by atoms with Crippen molar-refractivity contribution >= 4 is 29.6 Å². The van der Waals surface area contributed by atoms with Crippen LogP contribution in [0.3, 0.4) is 0 Å². The zero-order valence-electron chi connectivity index (χ0n) is 18.7. The number of esters is 2. The number of nitrogens with zero attached hydrogens (tertiary/aromatic N) is 1. The first-order valence-corrected chi connectivity index (χ1v) is 11.5. The van der Waals surface area contributed by atoms with Crippen molar-refractivity contribution in [3.05, 3.63) is 51.8 Å². The zero-order chi connectivity index (χ0) is 23.4. The maximum Gasteiger partial charge on any atom is 0.338 e. The molecule has 1 saturated heterocycles. The zero-order valence-corrected chi connectivity index (χ0v) is 19.5. The van der Waals surface area contributed by atoms with Crippen LogP contribution in [0.4, 0.5) is 0 Å². The van der Waals surface area contributed by atoms with Gasteiger partial charge in [0, 0.05) is 0 Å². The number of hydrogen-bond donors (Lipinski definition) is 1. The predicted octanol–water partition coefficient (Wildman–Crippen LogP) is 3.04. The van der Waals surface area contributed by atoms with Gasteiger partial charge in [-0.05, 0) is 38.0 Å². The normalized spacial score (nSPS) is 20.4. The van der Waals surface area contributed by atoms with Crippen LogP contribution >= 0.6 is 11.8 Å². The third-order valence-corrected chi connectivity index (χ3v) is 6.46. The number of nitrogens with two attached hydrogens (primary N) is 1. The number of ether oxygens (including phenoxy) is 3. The molecular weight excluding hydrogens is 432 g/mol. The van der Waals surface area contributed by atoms with Gasteiger partial charge in [0.15, 0.2) is 0 Å². The monoisotopic (exact) mass is 460 g/mol. The van der Waals surface area contributed by atoms with E-state index >= 15 is 0 Å². The lowest BCUT2D eigenvalue weighted by Gasteiger charge is -2.33. The van der Waals surface area contributed by atoms with E-state index in [0.29, 0.717) is 22.8 Å². The number of carbonyl (C=O) groups is 3. The molecule has 32 heavy (non-hydrogen) atoms. The number of fused-ring (bicyclic) bond motifs is 1. The van der Waals surface area contributed by atoms with Crippen LogP contribution in [0.25, 0.3) is 0 Å². The smallest absolute Gasteiger partial charge is 0.338 e. The van der Waals surface area contributed by atoms with E-state index in [-0.39, 0.29) is 36.1 Å². The molecule has 2 aliphatic heterocycles. The third-order valence-electron chi connectivity index (χ3n) is 5.28. The van der Waals surface area contributed by atoms with Gasteiger partial charge >= 0.3 is 11.9 Å². The molecule has 2 N–H and O–H groups in total. The minimum atomic E-state index is -0.842. The number of unbranched alkanes of at least 4 members (excludes halogenated alkanes) is 1. The van der Waals surface area contributed by atoms with E-state index in [1.54, 1.807) is 45.2 Å². The fraction of sp³-hybridized carbons (Fsp3) is 0.435. The number of thioether (sulfide) groups is 1. The number of carbonyl (C=O) groups excluding carboxylic acids is 3. The van der Waals surface area contributed by atoms with Gasteiger partial charge < -0.3 is 19.9 Å². The van der Waals surface area contributed by atoms with Crippen molar-refractivity contribution in [2.24, 2.45) is 5.73 Å². The molecule has 1 aromatic rings. The van der Waals surface area contributed by atoms with Gasteiger partial charge in [-0.2, -0.15) is 0 Å². The van der Waals surface area contributed by atoms with Crippen LogP contribution in [0.5, 0.6) is 5.75 Å². The Morgan fingerprint density at radius 3 is 2.34 bits per heavy atom. The number of benzene rings is 1. The maximum atomic E-state index is 13.2. The van der Waals surface area contributed by atoms with E-state index in [0.717, 1.165) is 6.42 Å². The highest BCUT2D eigenvalue weighted by Crippen LogP contribution is 2.49. The van der Waals surface area contributed by atoms with Crippen molar-refractivity contribution < 1.29 is 28.6 Å². The first kappa shape index (κ1) is 23.7. The highest BCUT2D eigenvalue weighted by atomic mass is 32.2. The molecule has 172 valence electrons. The van der Waals surface area contributed by atoms with Crippen molar-refractivity contribution in [2.45, 2.75) is 44.8 Å². The molecule has 0 radical (unpaired) electrons. The van der Waals surface area contributed by atoms with Crippen molar-refractivity contribution in [1.82, 2.24) is 4.90 Å². The van der Waals surface area contributed by atoms with Crippen molar-refractivity contribution in [2.75, 3.05) is 20.3 Å². The molecule has 0 aliphatic carbocycles. The molecule has 9 heteroatoms. The molecule has 2 aliphatic rings.